The Morgan fingerprint density at radius 1 is 1.36 bits per heavy atom. The number of hydrogen-bond donors (Lipinski definition) is 1. The number of rotatable bonds is 5. The molecule has 0 unspecified atom stereocenters. The molecule has 2 aromatic heterocycles. The lowest BCUT2D eigenvalue weighted by molar-refractivity contribution is -0.114. The monoisotopic (exact) mass is 389 g/mol. The number of aromatic nitrogens is 3. The molecule has 28 heavy (non-hydrogen) atoms. The lowest BCUT2D eigenvalue weighted by Crippen LogP contribution is -2.26. The smallest absolute Gasteiger partial charge is 0.329 e. The molecule has 7 nitrogen and oxygen atoms in total. The molecule has 1 amide bonds. The summed E-state index contributed by atoms with van der Waals surface area (Å²) >= 11 is 0. The number of ether oxygens (including phenoxy) is 1. The van der Waals surface area contributed by atoms with Crippen LogP contribution >= 0.6 is 0 Å². The van der Waals surface area contributed by atoms with Crippen LogP contribution in [0.4, 0.5) is 26.1 Å². The van der Waals surface area contributed by atoms with Gasteiger partial charge >= 0.3 is 5.92 Å². The SMILES string of the molecule is COCC(F)(F)c1nc(C)cc(N2CC3(CC3)c3cnc(NC(C)=O)cc32)n1. The van der Waals surface area contributed by atoms with Gasteiger partial charge in [0.1, 0.15) is 18.2 Å². The third kappa shape index (κ3) is 3.19. The Labute approximate surface area is 161 Å². The fourth-order valence-electron chi connectivity index (χ4n) is 3.68. The van der Waals surface area contributed by atoms with E-state index in [9.17, 15) is 13.6 Å². The van der Waals surface area contributed by atoms with Gasteiger partial charge in [0.05, 0.1) is 5.69 Å². The largest absolute Gasteiger partial charge is 0.378 e. The molecular weight excluding hydrogens is 368 g/mol. The second-order valence-corrected chi connectivity index (χ2v) is 7.46. The summed E-state index contributed by atoms with van der Waals surface area (Å²) in [6, 6.07) is 3.46. The number of pyridine rings is 1. The molecule has 1 fully saturated rings. The van der Waals surface area contributed by atoms with Crippen LogP contribution in [0.1, 0.15) is 36.8 Å². The van der Waals surface area contributed by atoms with E-state index in [0.29, 0.717) is 23.9 Å². The third-order valence-corrected chi connectivity index (χ3v) is 5.13. The van der Waals surface area contributed by atoms with Crippen molar-refractivity contribution in [2.75, 3.05) is 30.5 Å². The van der Waals surface area contributed by atoms with Crippen LogP contribution in [0.5, 0.6) is 0 Å². The van der Waals surface area contributed by atoms with Crippen molar-refractivity contribution >= 4 is 23.2 Å². The van der Waals surface area contributed by atoms with Crippen LogP contribution in [-0.4, -0.2) is 41.1 Å². The highest BCUT2D eigenvalue weighted by molar-refractivity contribution is 5.89. The van der Waals surface area contributed by atoms with E-state index in [4.69, 9.17) is 0 Å². The molecule has 1 saturated carbocycles. The minimum atomic E-state index is -3.28. The summed E-state index contributed by atoms with van der Waals surface area (Å²) in [6.45, 7) is 2.93. The fraction of sp³-hybridized carbons (Fsp3) is 0.474. The van der Waals surface area contributed by atoms with Gasteiger partial charge in [-0.1, -0.05) is 0 Å². The first-order valence-electron chi connectivity index (χ1n) is 9.03. The van der Waals surface area contributed by atoms with Gasteiger partial charge in [0, 0.05) is 55.6 Å². The van der Waals surface area contributed by atoms with Crippen LogP contribution in [0.3, 0.4) is 0 Å². The zero-order valence-corrected chi connectivity index (χ0v) is 15.9. The number of fused-ring (bicyclic) bond motifs is 2. The van der Waals surface area contributed by atoms with Gasteiger partial charge in [0.15, 0.2) is 0 Å². The van der Waals surface area contributed by atoms with Gasteiger partial charge in [-0.3, -0.25) is 4.79 Å². The molecule has 4 rings (SSSR count). The number of methoxy groups -OCH3 is 1. The highest BCUT2D eigenvalue weighted by Crippen LogP contribution is 2.58. The summed E-state index contributed by atoms with van der Waals surface area (Å²) in [5, 5.41) is 2.67. The number of aryl methyl sites for hydroxylation is 1. The van der Waals surface area contributed by atoms with Crippen molar-refractivity contribution in [1.82, 2.24) is 15.0 Å². The maximum atomic E-state index is 14.3. The molecule has 3 heterocycles. The number of alkyl halides is 2. The summed E-state index contributed by atoms with van der Waals surface area (Å²) in [6.07, 6.45) is 3.78. The topological polar surface area (TPSA) is 80.2 Å². The first-order chi connectivity index (χ1) is 13.2. The van der Waals surface area contributed by atoms with Crippen molar-refractivity contribution in [3.05, 3.63) is 35.4 Å². The number of amides is 1. The highest BCUT2D eigenvalue weighted by atomic mass is 19.3. The fourth-order valence-corrected chi connectivity index (χ4v) is 3.68. The van der Waals surface area contributed by atoms with Gasteiger partial charge in [-0.05, 0) is 19.8 Å². The normalized spacial score (nSPS) is 17.0. The number of nitrogens with zero attached hydrogens (tertiary/aromatic N) is 4. The van der Waals surface area contributed by atoms with Crippen molar-refractivity contribution in [1.29, 1.82) is 0 Å². The molecule has 0 radical (unpaired) electrons. The molecule has 2 aromatic rings. The Morgan fingerprint density at radius 3 is 2.75 bits per heavy atom. The Hall–Kier alpha value is -2.68. The summed E-state index contributed by atoms with van der Waals surface area (Å²) < 4.78 is 33.3. The first kappa shape index (κ1) is 18.7. The number of carbonyl (C=O) groups excluding carboxylic acids is 1. The second kappa shape index (κ2) is 6.44. The molecule has 1 spiro atoms. The van der Waals surface area contributed by atoms with Gasteiger partial charge in [-0.2, -0.15) is 8.78 Å². The Bertz CT molecular complexity index is 946. The molecule has 0 aromatic carbocycles. The molecule has 9 heteroatoms. The van der Waals surface area contributed by atoms with Crippen LogP contribution in [0.2, 0.25) is 0 Å². The zero-order chi connectivity index (χ0) is 20.1. The van der Waals surface area contributed by atoms with Crippen LogP contribution in [-0.2, 0) is 20.9 Å². The minimum absolute atomic E-state index is 0.0227. The molecule has 1 aliphatic carbocycles. The van der Waals surface area contributed by atoms with E-state index in [2.05, 4.69) is 25.0 Å². The molecule has 0 atom stereocenters. The van der Waals surface area contributed by atoms with E-state index in [1.54, 1.807) is 25.3 Å². The van der Waals surface area contributed by atoms with Gasteiger partial charge in [-0.15, -0.1) is 0 Å². The number of anilines is 3. The van der Waals surface area contributed by atoms with E-state index < -0.39 is 18.4 Å². The molecular formula is C19H21F2N5O2. The number of hydrogen-bond acceptors (Lipinski definition) is 6. The molecule has 0 bridgehead atoms. The lowest BCUT2D eigenvalue weighted by atomic mass is 10.0. The number of halogens is 2. The number of nitrogens with one attached hydrogen (secondary N) is 1. The molecule has 148 valence electrons. The summed E-state index contributed by atoms with van der Waals surface area (Å²) in [5.74, 6) is -3.24. The Morgan fingerprint density at radius 2 is 2.11 bits per heavy atom. The molecule has 2 aliphatic rings. The average molecular weight is 389 g/mol. The third-order valence-electron chi connectivity index (χ3n) is 5.13. The van der Waals surface area contributed by atoms with E-state index in [1.807, 2.05) is 4.90 Å². The molecule has 1 aliphatic heterocycles. The van der Waals surface area contributed by atoms with E-state index in [1.165, 1.54) is 14.0 Å². The Balaban J connectivity index is 1.77. The number of carbonyl (C=O) groups is 1. The first-order valence-corrected chi connectivity index (χ1v) is 9.03. The maximum absolute atomic E-state index is 14.3. The summed E-state index contributed by atoms with van der Waals surface area (Å²) in [4.78, 5) is 25.7. The molecule has 1 N–H and O–H groups in total. The summed E-state index contributed by atoms with van der Waals surface area (Å²) in [5.41, 5.74) is 2.31. The van der Waals surface area contributed by atoms with Crippen LogP contribution in [0.25, 0.3) is 0 Å². The second-order valence-electron chi connectivity index (χ2n) is 7.46. The predicted octanol–water partition coefficient (Wildman–Crippen LogP) is 3.06. The van der Waals surface area contributed by atoms with Crippen LogP contribution in [0.15, 0.2) is 18.3 Å². The maximum Gasteiger partial charge on any atom is 0.329 e. The van der Waals surface area contributed by atoms with Gasteiger partial charge < -0.3 is 15.0 Å². The molecule has 0 saturated heterocycles. The van der Waals surface area contributed by atoms with Crippen molar-refractivity contribution < 1.29 is 18.3 Å². The standard InChI is InChI=1S/C19H21F2N5O2/c1-11-6-16(25-17(23-11)19(20,21)10-28-3)26-9-18(4-5-18)13-8-22-15(7-14(13)26)24-12(2)27/h6-8H,4-5,9-10H2,1-3H3,(H,22,24,27). The quantitative estimate of drug-likeness (QED) is 0.847. The van der Waals surface area contributed by atoms with E-state index in [0.717, 1.165) is 24.1 Å². The van der Waals surface area contributed by atoms with Gasteiger partial charge in [0.25, 0.3) is 0 Å². The van der Waals surface area contributed by atoms with Gasteiger partial charge in [0.2, 0.25) is 11.7 Å². The van der Waals surface area contributed by atoms with Crippen molar-refractivity contribution in [3.63, 3.8) is 0 Å². The van der Waals surface area contributed by atoms with Crippen molar-refractivity contribution in [3.8, 4) is 0 Å². The van der Waals surface area contributed by atoms with Crippen LogP contribution in [0, 0.1) is 6.92 Å². The highest BCUT2D eigenvalue weighted by Gasteiger charge is 2.53. The van der Waals surface area contributed by atoms with E-state index in [-0.39, 0.29) is 11.3 Å². The van der Waals surface area contributed by atoms with Crippen molar-refractivity contribution in [2.24, 2.45) is 0 Å². The zero-order valence-electron chi connectivity index (χ0n) is 15.9. The Kier molecular flexibility index (Phi) is 4.29. The summed E-state index contributed by atoms with van der Waals surface area (Å²) in [7, 11) is 1.22. The predicted molar refractivity (Wildman–Crippen MR) is 99.0 cm³/mol. The average Bonchev–Trinajstić information content (AvgIpc) is 3.31. The van der Waals surface area contributed by atoms with Crippen LogP contribution < -0.4 is 10.2 Å². The lowest BCUT2D eigenvalue weighted by Gasteiger charge is -2.22. The van der Waals surface area contributed by atoms with E-state index >= 15 is 0 Å². The van der Waals surface area contributed by atoms with Crippen molar-refractivity contribution in [2.45, 2.75) is 38.0 Å². The minimum Gasteiger partial charge on any atom is -0.378 e. The van der Waals surface area contributed by atoms with Gasteiger partial charge in [-0.25, -0.2) is 15.0 Å².